The van der Waals surface area contributed by atoms with Gasteiger partial charge in [0.05, 0.1) is 30.5 Å². The summed E-state index contributed by atoms with van der Waals surface area (Å²) in [5.74, 6) is -0.0860. The molecule has 2 aliphatic rings. The molecule has 7 nitrogen and oxygen atoms in total. The van der Waals surface area contributed by atoms with Crippen LogP contribution < -0.4 is 0 Å². The molecule has 6 atom stereocenters. The number of ketones is 1. The van der Waals surface area contributed by atoms with E-state index in [9.17, 15) is 24.9 Å². The standard InChI is InChI=1S/C35H62O7/c1-3-4-5-6-7-8-9-10-11-14-21-31(38)33-23-24-34(42-33)32(39)22-15-12-13-18-29(36)19-16-17-20-30(37)26-28-25-27(2)41-35(28)40/h25,27,30-34,37-39H,3-24,26H2,1-2H3/t27-,30+,31+,32-,33-,34-/m0/s1. The molecule has 2 heterocycles. The SMILES string of the molecule is CCCCCCCCCCCC[C@@H](O)[C@@H]1CC[C@@H]([C@@H](O)CCCCCC(=O)CCCC[C@@H](O)CC2=C[C@H](C)OC2=O)O1. The van der Waals surface area contributed by atoms with E-state index in [4.69, 9.17) is 9.47 Å². The van der Waals surface area contributed by atoms with E-state index in [2.05, 4.69) is 6.92 Å². The van der Waals surface area contributed by atoms with E-state index < -0.39 is 18.3 Å². The van der Waals surface area contributed by atoms with Gasteiger partial charge in [-0.25, -0.2) is 4.79 Å². The van der Waals surface area contributed by atoms with Gasteiger partial charge in [0.1, 0.15) is 11.9 Å². The molecule has 0 radical (unpaired) electrons. The van der Waals surface area contributed by atoms with Crippen LogP contribution >= 0.6 is 0 Å². The Labute approximate surface area is 255 Å². The molecule has 244 valence electrons. The fourth-order valence-corrected chi connectivity index (χ4v) is 6.28. The minimum atomic E-state index is -0.581. The van der Waals surface area contributed by atoms with E-state index in [1.165, 1.54) is 57.8 Å². The van der Waals surface area contributed by atoms with Crippen molar-refractivity contribution in [3.63, 3.8) is 0 Å². The number of hydrogen-bond acceptors (Lipinski definition) is 7. The molecule has 0 aromatic carbocycles. The topological polar surface area (TPSA) is 113 Å². The molecule has 42 heavy (non-hydrogen) atoms. The van der Waals surface area contributed by atoms with Crippen LogP contribution in [0.3, 0.4) is 0 Å². The van der Waals surface area contributed by atoms with Gasteiger partial charge < -0.3 is 24.8 Å². The molecule has 1 fully saturated rings. The predicted molar refractivity (Wildman–Crippen MR) is 167 cm³/mol. The number of carbonyl (C=O) groups excluding carboxylic acids is 2. The molecule has 7 heteroatoms. The van der Waals surface area contributed by atoms with Crippen molar-refractivity contribution >= 4 is 11.8 Å². The van der Waals surface area contributed by atoms with E-state index >= 15 is 0 Å². The number of esters is 1. The quantitative estimate of drug-likeness (QED) is 0.0713. The van der Waals surface area contributed by atoms with E-state index in [1.807, 2.05) is 0 Å². The minimum Gasteiger partial charge on any atom is -0.455 e. The lowest BCUT2D eigenvalue weighted by molar-refractivity contribution is -0.139. The van der Waals surface area contributed by atoms with Crippen molar-refractivity contribution in [3.8, 4) is 0 Å². The van der Waals surface area contributed by atoms with E-state index in [-0.39, 0.29) is 30.1 Å². The van der Waals surface area contributed by atoms with Gasteiger partial charge >= 0.3 is 5.97 Å². The molecule has 0 aromatic rings. The molecule has 0 unspecified atom stereocenters. The van der Waals surface area contributed by atoms with Crippen molar-refractivity contribution in [1.82, 2.24) is 0 Å². The molecular weight excluding hydrogens is 532 g/mol. The number of hydrogen-bond donors (Lipinski definition) is 3. The van der Waals surface area contributed by atoms with E-state index in [0.29, 0.717) is 37.7 Å². The third-order valence-corrected chi connectivity index (χ3v) is 8.94. The first kappa shape index (κ1) is 36.9. The van der Waals surface area contributed by atoms with Gasteiger partial charge in [0.15, 0.2) is 0 Å². The van der Waals surface area contributed by atoms with Gasteiger partial charge in [-0.2, -0.15) is 0 Å². The lowest BCUT2D eigenvalue weighted by Crippen LogP contribution is -2.31. The number of Topliss-reactive ketones (excluding diaryl/α,β-unsaturated/α-hetero) is 1. The maximum absolute atomic E-state index is 12.2. The second kappa shape index (κ2) is 22.3. The van der Waals surface area contributed by atoms with Crippen molar-refractivity contribution in [3.05, 3.63) is 11.6 Å². The van der Waals surface area contributed by atoms with Crippen molar-refractivity contribution in [2.45, 2.75) is 198 Å². The fraction of sp³-hybridized carbons (Fsp3) is 0.886. The minimum absolute atomic E-state index is 0.151. The van der Waals surface area contributed by atoms with Crippen LogP contribution in [-0.2, 0) is 19.1 Å². The predicted octanol–water partition coefficient (Wildman–Crippen LogP) is 7.27. The molecule has 0 saturated carbocycles. The number of aliphatic hydroxyl groups excluding tert-OH is 3. The molecule has 0 aliphatic carbocycles. The number of aliphatic hydroxyl groups is 3. The van der Waals surface area contributed by atoms with Gasteiger partial charge in [0.25, 0.3) is 0 Å². The van der Waals surface area contributed by atoms with Gasteiger partial charge in [0, 0.05) is 24.8 Å². The summed E-state index contributed by atoms with van der Waals surface area (Å²) in [4.78, 5) is 23.9. The van der Waals surface area contributed by atoms with Crippen LogP contribution in [0, 0.1) is 0 Å². The van der Waals surface area contributed by atoms with Gasteiger partial charge in [-0.05, 0) is 57.9 Å². The second-order valence-corrected chi connectivity index (χ2v) is 12.9. The molecule has 2 rings (SSSR count). The second-order valence-electron chi connectivity index (χ2n) is 12.9. The summed E-state index contributed by atoms with van der Waals surface area (Å²) in [6, 6.07) is 0. The molecule has 2 aliphatic heterocycles. The van der Waals surface area contributed by atoms with Crippen LogP contribution in [0.15, 0.2) is 11.6 Å². The Bertz CT molecular complexity index is 766. The monoisotopic (exact) mass is 594 g/mol. The first-order valence-corrected chi connectivity index (χ1v) is 17.4. The Balaban J connectivity index is 1.41. The van der Waals surface area contributed by atoms with Crippen LogP contribution in [0.1, 0.15) is 162 Å². The summed E-state index contributed by atoms with van der Waals surface area (Å²) in [6.45, 7) is 4.05. The van der Waals surface area contributed by atoms with Crippen molar-refractivity contribution in [1.29, 1.82) is 0 Å². The summed E-state index contributed by atoms with van der Waals surface area (Å²) in [5, 5.41) is 31.3. The Morgan fingerprint density at radius 3 is 1.76 bits per heavy atom. The zero-order valence-electron chi connectivity index (χ0n) is 26.8. The third kappa shape index (κ3) is 16.0. The summed E-state index contributed by atoms with van der Waals surface area (Å²) in [7, 11) is 0. The summed E-state index contributed by atoms with van der Waals surface area (Å²) in [6.07, 6.45) is 21.7. The first-order chi connectivity index (χ1) is 20.3. The number of cyclic esters (lactones) is 1. The van der Waals surface area contributed by atoms with Crippen LogP contribution in [0.2, 0.25) is 0 Å². The third-order valence-electron chi connectivity index (χ3n) is 8.94. The molecule has 0 amide bonds. The number of ether oxygens (including phenoxy) is 2. The highest BCUT2D eigenvalue weighted by Crippen LogP contribution is 2.28. The highest BCUT2D eigenvalue weighted by atomic mass is 16.5. The molecule has 1 saturated heterocycles. The maximum atomic E-state index is 12.2. The highest BCUT2D eigenvalue weighted by Gasteiger charge is 2.34. The average molecular weight is 595 g/mol. The Hall–Kier alpha value is -1.28. The maximum Gasteiger partial charge on any atom is 0.334 e. The summed E-state index contributed by atoms with van der Waals surface area (Å²) < 4.78 is 11.1. The zero-order chi connectivity index (χ0) is 30.6. The molecule has 0 spiro atoms. The largest absolute Gasteiger partial charge is 0.455 e. The molecule has 0 aromatic heterocycles. The number of unbranched alkanes of at least 4 members (excludes halogenated alkanes) is 12. The molecular formula is C35H62O7. The van der Waals surface area contributed by atoms with Gasteiger partial charge in [-0.15, -0.1) is 0 Å². The molecule has 0 bridgehead atoms. The summed E-state index contributed by atoms with van der Waals surface area (Å²) in [5.41, 5.74) is 0.549. The number of carbonyl (C=O) groups is 2. The van der Waals surface area contributed by atoms with Crippen molar-refractivity contribution < 1.29 is 34.4 Å². The van der Waals surface area contributed by atoms with Crippen LogP contribution in [0.5, 0.6) is 0 Å². The average Bonchev–Trinajstić information content (AvgIpc) is 3.58. The lowest BCUT2D eigenvalue weighted by Gasteiger charge is -2.22. The smallest absolute Gasteiger partial charge is 0.334 e. The Morgan fingerprint density at radius 2 is 1.24 bits per heavy atom. The van der Waals surface area contributed by atoms with Crippen LogP contribution in [-0.4, -0.2) is 63.7 Å². The lowest BCUT2D eigenvalue weighted by atomic mass is 9.99. The van der Waals surface area contributed by atoms with Crippen molar-refractivity contribution in [2.24, 2.45) is 0 Å². The van der Waals surface area contributed by atoms with E-state index in [1.54, 1.807) is 13.0 Å². The number of rotatable bonds is 26. The van der Waals surface area contributed by atoms with E-state index in [0.717, 1.165) is 57.8 Å². The van der Waals surface area contributed by atoms with Crippen molar-refractivity contribution in [2.75, 3.05) is 0 Å². The Kier molecular flexibility index (Phi) is 19.6. The van der Waals surface area contributed by atoms with Crippen LogP contribution in [0.25, 0.3) is 0 Å². The zero-order valence-corrected chi connectivity index (χ0v) is 26.8. The summed E-state index contributed by atoms with van der Waals surface area (Å²) >= 11 is 0. The van der Waals surface area contributed by atoms with Crippen LogP contribution in [0.4, 0.5) is 0 Å². The fourth-order valence-electron chi connectivity index (χ4n) is 6.28. The van der Waals surface area contributed by atoms with Gasteiger partial charge in [-0.3, -0.25) is 4.79 Å². The Morgan fingerprint density at radius 1 is 0.762 bits per heavy atom. The molecule has 3 N–H and O–H groups in total. The van der Waals surface area contributed by atoms with Gasteiger partial charge in [0.2, 0.25) is 0 Å². The normalized spacial score (nSPS) is 22.6. The first-order valence-electron chi connectivity index (χ1n) is 17.4. The highest BCUT2D eigenvalue weighted by molar-refractivity contribution is 5.90. The van der Waals surface area contributed by atoms with Gasteiger partial charge in [-0.1, -0.05) is 90.4 Å².